The van der Waals surface area contributed by atoms with Crippen LogP contribution >= 0.6 is 11.3 Å². The highest BCUT2D eigenvalue weighted by Gasteiger charge is 2.53. The highest BCUT2D eigenvalue weighted by atomic mass is 32.1. The highest BCUT2D eigenvalue weighted by Crippen LogP contribution is 2.59. The molecule has 1 saturated carbocycles. The first kappa shape index (κ1) is 13.9. The maximum Gasteiger partial charge on any atom is 0.188 e. The molecule has 1 saturated heterocycles. The van der Waals surface area contributed by atoms with Gasteiger partial charge in [0.15, 0.2) is 5.96 Å². The van der Waals surface area contributed by atoms with Gasteiger partial charge in [0.25, 0.3) is 0 Å². The van der Waals surface area contributed by atoms with Gasteiger partial charge in [0.1, 0.15) is 0 Å². The molecular formula is C15H23N3OS. The number of rotatable bonds is 5. The summed E-state index contributed by atoms with van der Waals surface area (Å²) < 4.78 is 5.44. The number of nitrogens with zero attached hydrogens (tertiary/aromatic N) is 1. The number of hydrogen-bond acceptors (Lipinski definition) is 3. The number of nitrogens with two attached hydrogens (primary N) is 1. The summed E-state index contributed by atoms with van der Waals surface area (Å²) in [6.07, 6.45) is 4.73. The third-order valence-corrected chi connectivity index (χ3v) is 5.52. The van der Waals surface area contributed by atoms with Gasteiger partial charge in [-0.05, 0) is 48.5 Å². The molecule has 1 unspecified atom stereocenters. The summed E-state index contributed by atoms with van der Waals surface area (Å²) in [5.41, 5.74) is 6.47. The molecule has 1 aromatic rings. The first-order valence-corrected chi connectivity index (χ1v) is 8.30. The number of nitrogens with one attached hydrogen (secondary N) is 1. The van der Waals surface area contributed by atoms with E-state index >= 15 is 0 Å². The third-order valence-electron chi connectivity index (χ3n) is 4.59. The molecule has 0 aromatic carbocycles. The molecule has 1 atom stereocenters. The number of thiophene rings is 1. The van der Waals surface area contributed by atoms with E-state index in [0.717, 1.165) is 38.6 Å². The van der Waals surface area contributed by atoms with Gasteiger partial charge < -0.3 is 15.8 Å². The van der Waals surface area contributed by atoms with Gasteiger partial charge in [-0.3, -0.25) is 4.99 Å². The average Bonchev–Trinajstić information content (AvgIpc) is 2.89. The van der Waals surface area contributed by atoms with Crippen LogP contribution in [0.5, 0.6) is 0 Å². The van der Waals surface area contributed by atoms with Crippen molar-refractivity contribution in [2.24, 2.45) is 22.1 Å². The van der Waals surface area contributed by atoms with Crippen molar-refractivity contribution in [1.29, 1.82) is 0 Å². The Balaban J connectivity index is 1.36. The summed E-state index contributed by atoms with van der Waals surface area (Å²) >= 11 is 1.78. The van der Waals surface area contributed by atoms with E-state index in [4.69, 9.17) is 10.5 Å². The van der Waals surface area contributed by atoms with Crippen molar-refractivity contribution in [1.82, 2.24) is 5.32 Å². The molecule has 2 heterocycles. The monoisotopic (exact) mass is 293 g/mol. The molecule has 1 aromatic heterocycles. The fourth-order valence-electron chi connectivity index (χ4n) is 3.11. The summed E-state index contributed by atoms with van der Waals surface area (Å²) in [7, 11) is 0. The van der Waals surface area contributed by atoms with Gasteiger partial charge in [0.05, 0.1) is 0 Å². The van der Waals surface area contributed by atoms with E-state index in [1.165, 1.54) is 24.1 Å². The predicted octanol–water partition coefficient (Wildman–Crippen LogP) is 2.01. The molecule has 1 aliphatic carbocycles. The molecule has 3 rings (SSSR count). The molecule has 0 bridgehead atoms. The van der Waals surface area contributed by atoms with Gasteiger partial charge in [0, 0.05) is 31.2 Å². The molecular weight excluding hydrogens is 270 g/mol. The van der Waals surface area contributed by atoms with Crippen LogP contribution in [0.2, 0.25) is 0 Å². The van der Waals surface area contributed by atoms with Crippen LogP contribution < -0.4 is 11.1 Å². The van der Waals surface area contributed by atoms with Crippen molar-refractivity contribution in [2.75, 3.05) is 26.3 Å². The lowest BCUT2D eigenvalue weighted by Crippen LogP contribution is -2.33. The standard InChI is InChI=1S/C15H23N3OS/c16-14(17-6-3-13-2-1-9-20-13)18-11-12-10-15(12)4-7-19-8-5-15/h1-2,9,12H,3-8,10-11H2,(H3,16,17,18). The topological polar surface area (TPSA) is 59.6 Å². The van der Waals surface area contributed by atoms with Crippen molar-refractivity contribution in [3.8, 4) is 0 Å². The van der Waals surface area contributed by atoms with Crippen molar-refractivity contribution >= 4 is 17.3 Å². The highest BCUT2D eigenvalue weighted by molar-refractivity contribution is 7.09. The zero-order valence-electron chi connectivity index (χ0n) is 11.8. The minimum atomic E-state index is 0.541. The number of ether oxygens (including phenoxy) is 1. The minimum absolute atomic E-state index is 0.541. The Hall–Kier alpha value is -1.07. The third kappa shape index (κ3) is 3.33. The second-order valence-corrected chi connectivity index (χ2v) is 6.89. The van der Waals surface area contributed by atoms with Crippen LogP contribution in [0.15, 0.2) is 22.5 Å². The van der Waals surface area contributed by atoms with Crippen LogP contribution in [0.25, 0.3) is 0 Å². The lowest BCUT2D eigenvalue weighted by Gasteiger charge is -2.22. The molecule has 2 aliphatic rings. The van der Waals surface area contributed by atoms with Gasteiger partial charge >= 0.3 is 0 Å². The number of guanidine groups is 1. The Morgan fingerprint density at radius 3 is 3.10 bits per heavy atom. The Bertz CT molecular complexity index is 452. The second kappa shape index (κ2) is 6.14. The quantitative estimate of drug-likeness (QED) is 0.645. The first-order valence-electron chi connectivity index (χ1n) is 7.42. The number of hydrogen-bond donors (Lipinski definition) is 2. The van der Waals surface area contributed by atoms with Crippen molar-refractivity contribution in [3.05, 3.63) is 22.4 Å². The maximum atomic E-state index is 5.92. The lowest BCUT2D eigenvalue weighted by molar-refractivity contribution is 0.0525. The van der Waals surface area contributed by atoms with Crippen LogP contribution in [-0.2, 0) is 11.2 Å². The van der Waals surface area contributed by atoms with Crippen LogP contribution in [0, 0.1) is 11.3 Å². The van der Waals surface area contributed by atoms with Gasteiger partial charge in [-0.25, -0.2) is 0 Å². The molecule has 4 nitrogen and oxygen atoms in total. The zero-order valence-corrected chi connectivity index (χ0v) is 12.6. The maximum absolute atomic E-state index is 5.92. The van der Waals surface area contributed by atoms with E-state index in [0.29, 0.717) is 11.4 Å². The fraction of sp³-hybridized carbons (Fsp3) is 0.667. The molecule has 3 N–H and O–H groups in total. The summed E-state index contributed by atoms with van der Waals surface area (Å²) in [4.78, 5) is 5.88. The fourth-order valence-corrected chi connectivity index (χ4v) is 3.82. The normalized spacial score (nSPS) is 24.8. The molecule has 0 radical (unpaired) electrons. The zero-order chi connectivity index (χ0) is 13.8. The molecule has 110 valence electrons. The molecule has 0 amide bonds. The van der Waals surface area contributed by atoms with Crippen LogP contribution in [0.1, 0.15) is 24.1 Å². The summed E-state index contributed by atoms with van der Waals surface area (Å²) in [6.45, 7) is 3.58. The molecule has 20 heavy (non-hydrogen) atoms. The summed E-state index contributed by atoms with van der Waals surface area (Å²) in [6, 6.07) is 4.23. The van der Waals surface area contributed by atoms with E-state index in [-0.39, 0.29) is 0 Å². The van der Waals surface area contributed by atoms with E-state index in [1.54, 1.807) is 11.3 Å². The molecule has 1 aliphatic heterocycles. The van der Waals surface area contributed by atoms with Crippen molar-refractivity contribution in [3.63, 3.8) is 0 Å². The average molecular weight is 293 g/mol. The van der Waals surface area contributed by atoms with Crippen LogP contribution in [0.3, 0.4) is 0 Å². The van der Waals surface area contributed by atoms with Gasteiger partial charge in [-0.15, -0.1) is 11.3 Å². The van der Waals surface area contributed by atoms with Crippen molar-refractivity contribution < 1.29 is 4.74 Å². The van der Waals surface area contributed by atoms with Gasteiger partial charge in [-0.1, -0.05) is 6.07 Å². The number of aliphatic imine (C=N–C) groups is 1. The largest absolute Gasteiger partial charge is 0.381 e. The molecule has 5 heteroatoms. The van der Waals surface area contributed by atoms with E-state index < -0.39 is 0 Å². The Morgan fingerprint density at radius 2 is 2.35 bits per heavy atom. The Labute approximate surface area is 124 Å². The SMILES string of the molecule is NC(=NCC1CC12CCOCC2)NCCc1cccs1. The smallest absolute Gasteiger partial charge is 0.188 e. The van der Waals surface area contributed by atoms with Gasteiger partial charge in [-0.2, -0.15) is 0 Å². The van der Waals surface area contributed by atoms with Gasteiger partial charge in [0.2, 0.25) is 0 Å². The first-order chi connectivity index (χ1) is 9.78. The van der Waals surface area contributed by atoms with E-state index in [2.05, 4.69) is 27.8 Å². The van der Waals surface area contributed by atoms with Crippen LogP contribution in [-0.4, -0.2) is 32.3 Å². The summed E-state index contributed by atoms with van der Waals surface area (Å²) in [5, 5.41) is 5.31. The molecule has 2 fully saturated rings. The lowest BCUT2D eigenvalue weighted by atomic mass is 9.94. The van der Waals surface area contributed by atoms with Crippen LogP contribution in [0.4, 0.5) is 0 Å². The Morgan fingerprint density at radius 1 is 1.50 bits per heavy atom. The second-order valence-electron chi connectivity index (χ2n) is 5.86. The Kier molecular flexibility index (Phi) is 4.27. The molecule has 1 spiro atoms. The van der Waals surface area contributed by atoms with Crippen molar-refractivity contribution in [2.45, 2.75) is 25.7 Å². The van der Waals surface area contributed by atoms with E-state index in [1.807, 2.05) is 0 Å². The minimum Gasteiger partial charge on any atom is -0.381 e. The predicted molar refractivity (Wildman–Crippen MR) is 83.1 cm³/mol. The van der Waals surface area contributed by atoms with E-state index in [9.17, 15) is 0 Å². The summed E-state index contributed by atoms with van der Waals surface area (Å²) in [5.74, 6) is 1.32.